The van der Waals surface area contributed by atoms with Gasteiger partial charge in [-0.05, 0) is 18.6 Å². The van der Waals surface area contributed by atoms with Gasteiger partial charge < -0.3 is 0 Å². The Balaban J connectivity index is 3.17. The molecule has 0 saturated heterocycles. The van der Waals surface area contributed by atoms with Crippen molar-refractivity contribution in [2.24, 2.45) is 0 Å². The van der Waals surface area contributed by atoms with Crippen molar-refractivity contribution in [3.05, 3.63) is 23.6 Å². The molecule has 0 fully saturated rings. The Labute approximate surface area is 54.3 Å². The van der Waals surface area contributed by atoms with E-state index in [1.807, 2.05) is 0 Å². The van der Waals surface area contributed by atoms with Crippen LogP contribution in [0.1, 0.15) is 5.56 Å². The van der Waals surface area contributed by atoms with Crippen molar-refractivity contribution in [3.8, 4) is 0 Å². The topological polar surface area (TPSA) is 12.9 Å². The molecule has 1 aromatic rings. The van der Waals surface area contributed by atoms with Crippen LogP contribution >= 0.6 is 0 Å². The monoisotopic (exact) mass is 121 g/mol. The molecule has 0 atom stereocenters. The first-order valence-electron chi connectivity index (χ1n) is 2.58. The predicted octanol–water partition coefficient (Wildman–Crippen LogP) is 0.323. The SMILES string of the molecule is [B]c1ncc(C)cc1F. The number of aryl methyl sites for hydroxylation is 1. The molecule has 0 aliphatic carbocycles. The van der Waals surface area contributed by atoms with E-state index in [1.165, 1.54) is 12.3 Å². The van der Waals surface area contributed by atoms with Gasteiger partial charge in [-0.15, -0.1) is 0 Å². The molecule has 44 valence electrons. The zero-order valence-electron chi connectivity index (χ0n) is 5.06. The molecule has 0 spiro atoms. The maximum Gasteiger partial charge on any atom is 0.145 e. The molecule has 0 amide bonds. The predicted molar refractivity (Wildman–Crippen MR) is 34.3 cm³/mol. The minimum atomic E-state index is -0.449. The van der Waals surface area contributed by atoms with Crippen LogP contribution in [0.4, 0.5) is 4.39 Å². The molecule has 2 radical (unpaired) electrons. The van der Waals surface area contributed by atoms with Gasteiger partial charge in [0.1, 0.15) is 13.7 Å². The van der Waals surface area contributed by atoms with Crippen LogP contribution < -0.4 is 5.59 Å². The Hall–Kier alpha value is -0.855. The van der Waals surface area contributed by atoms with Gasteiger partial charge >= 0.3 is 0 Å². The van der Waals surface area contributed by atoms with Crippen molar-refractivity contribution < 1.29 is 4.39 Å². The van der Waals surface area contributed by atoms with Gasteiger partial charge in [0.15, 0.2) is 0 Å². The van der Waals surface area contributed by atoms with Crippen LogP contribution in [0.15, 0.2) is 12.3 Å². The molecule has 0 N–H and O–H groups in total. The Morgan fingerprint density at radius 3 is 2.78 bits per heavy atom. The maximum absolute atomic E-state index is 12.4. The third-order valence-electron chi connectivity index (χ3n) is 1.01. The zero-order chi connectivity index (χ0) is 6.85. The largest absolute Gasteiger partial charge is 0.270 e. The molecule has 9 heavy (non-hydrogen) atoms. The number of halogens is 1. The Bertz CT molecular complexity index is 224. The van der Waals surface area contributed by atoms with Gasteiger partial charge in [-0.25, -0.2) is 4.39 Å². The van der Waals surface area contributed by atoms with E-state index in [-0.39, 0.29) is 5.59 Å². The standard InChI is InChI=1S/C6H5BFN/c1-4-2-5(8)6(7)9-3-4/h2-3H,1H3. The molecule has 3 heteroatoms. The first-order valence-corrected chi connectivity index (χ1v) is 2.58. The molecule has 0 aliphatic heterocycles. The van der Waals surface area contributed by atoms with Crippen molar-refractivity contribution >= 4 is 13.4 Å². The molecule has 0 unspecified atom stereocenters. The molecule has 1 aromatic heterocycles. The smallest absolute Gasteiger partial charge is 0.145 e. The highest BCUT2D eigenvalue weighted by molar-refractivity contribution is 6.30. The minimum Gasteiger partial charge on any atom is -0.270 e. The van der Waals surface area contributed by atoms with Gasteiger partial charge in [0.2, 0.25) is 0 Å². The number of hydrogen-bond acceptors (Lipinski definition) is 1. The average Bonchev–Trinajstić information content (AvgIpc) is 1.80. The first kappa shape index (κ1) is 6.27. The molecule has 0 saturated carbocycles. The summed E-state index contributed by atoms with van der Waals surface area (Å²) < 4.78 is 12.4. The van der Waals surface area contributed by atoms with Crippen molar-refractivity contribution in [3.63, 3.8) is 0 Å². The van der Waals surface area contributed by atoms with Gasteiger partial charge in [0.25, 0.3) is 0 Å². The fourth-order valence-corrected chi connectivity index (χ4v) is 0.544. The molecular weight excluding hydrogens is 116 g/mol. The second kappa shape index (κ2) is 2.17. The quantitative estimate of drug-likeness (QED) is 0.450. The summed E-state index contributed by atoms with van der Waals surface area (Å²) in [7, 11) is 5.10. The maximum atomic E-state index is 12.4. The highest BCUT2D eigenvalue weighted by atomic mass is 19.1. The number of nitrogens with zero attached hydrogens (tertiary/aromatic N) is 1. The summed E-state index contributed by atoms with van der Waals surface area (Å²) in [4.78, 5) is 3.58. The van der Waals surface area contributed by atoms with Crippen molar-refractivity contribution in [1.29, 1.82) is 0 Å². The lowest BCUT2D eigenvalue weighted by atomic mass is 10.0. The molecular formula is C6H5BFN. The fraction of sp³-hybridized carbons (Fsp3) is 0.167. The molecule has 1 rings (SSSR count). The van der Waals surface area contributed by atoms with E-state index in [0.29, 0.717) is 0 Å². The summed E-state index contributed by atoms with van der Waals surface area (Å²) in [6.45, 7) is 1.76. The highest BCUT2D eigenvalue weighted by Crippen LogP contribution is 1.94. The van der Waals surface area contributed by atoms with E-state index in [1.54, 1.807) is 6.92 Å². The average molecular weight is 121 g/mol. The van der Waals surface area contributed by atoms with Crippen molar-refractivity contribution in [2.75, 3.05) is 0 Å². The zero-order valence-corrected chi connectivity index (χ0v) is 5.06. The van der Waals surface area contributed by atoms with Crippen LogP contribution in [0.25, 0.3) is 0 Å². The lowest BCUT2D eigenvalue weighted by molar-refractivity contribution is 0.630. The summed E-state index contributed by atoms with van der Waals surface area (Å²) in [5.41, 5.74) is 0.738. The summed E-state index contributed by atoms with van der Waals surface area (Å²) in [5, 5.41) is 0. The van der Waals surface area contributed by atoms with Crippen molar-refractivity contribution in [1.82, 2.24) is 4.98 Å². The van der Waals surface area contributed by atoms with E-state index in [2.05, 4.69) is 4.98 Å². The second-order valence-electron chi connectivity index (χ2n) is 1.88. The second-order valence-corrected chi connectivity index (χ2v) is 1.88. The van der Waals surface area contributed by atoms with Gasteiger partial charge in [-0.2, -0.15) is 0 Å². The van der Waals surface area contributed by atoms with Gasteiger partial charge in [-0.3, -0.25) is 4.98 Å². The Kier molecular flexibility index (Phi) is 1.51. The van der Waals surface area contributed by atoms with Gasteiger partial charge in [0.05, 0.1) is 0 Å². The summed E-state index contributed by atoms with van der Waals surface area (Å²) in [6.07, 6.45) is 1.53. The number of hydrogen-bond donors (Lipinski definition) is 0. The third kappa shape index (κ3) is 1.28. The van der Waals surface area contributed by atoms with E-state index in [4.69, 9.17) is 7.85 Å². The summed E-state index contributed by atoms with van der Waals surface area (Å²) >= 11 is 0. The number of aromatic nitrogens is 1. The van der Waals surface area contributed by atoms with Gasteiger partial charge in [0, 0.05) is 11.8 Å². The van der Waals surface area contributed by atoms with Crippen LogP contribution in [0.2, 0.25) is 0 Å². The van der Waals surface area contributed by atoms with E-state index in [0.717, 1.165) is 5.56 Å². The normalized spacial score (nSPS) is 9.56. The summed E-state index contributed by atoms with van der Waals surface area (Å²) in [5.74, 6) is -0.449. The van der Waals surface area contributed by atoms with Crippen LogP contribution in [0, 0.1) is 12.7 Å². The van der Waals surface area contributed by atoms with E-state index < -0.39 is 5.82 Å². The molecule has 1 heterocycles. The molecule has 0 bridgehead atoms. The Morgan fingerprint density at radius 1 is 1.67 bits per heavy atom. The van der Waals surface area contributed by atoms with E-state index in [9.17, 15) is 4.39 Å². The van der Waals surface area contributed by atoms with E-state index >= 15 is 0 Å². The molecule has 1 nitrogen and oxygen atoms in total. The number of rotatable bonds is 0. The first-order chi connectivity index (χ1) is 4.20. The van der Waals surface area contributed by atoms with Crippen molar-refractivity contribution in [2.45, 2.75) is 6.92 Å². The lowest BCUT2D eigenvalue weighted by Crippen LogP contribution is -2.12. The number of pyridine rings is 1. The Morgan fingerprint density at radius 2 is 2.33 bits per heavy atom. The van der Waals surface area contributed by atoms with Crippen LogP contribution in [-0.4, -0.2) is 12.8 Å². The molecule has 0 aliphatic rings. The van der Waals surface area contributed by atoms with Crippen LogP contribution in [0.5, 0.6) is 0 Å². The van der Waals surface area contributed by atoms with Crippen LogP contribution in [-0.2, 0) is 0 Å². The van der Waals surface area contributed by atoms with Crippen LogP contribution in [0.3, 0.4) is 0 Å². The summed E-state index contributed by atoms with van der Waals surface area (Å²) in [6, 6.07) is 1.35. The van der Waals surface area contributed by atoms with Gasteiger partial charge in [-0.1, -0.05) is 0 Å². The minimum absolute atomic E-state index is 0.0411. The highest BCUT2D eigenvalue weighted by Gasteiger charge is 1.94. The lowest BCUT2D eigenvalue weighted by Gasteiger charge is -1.94. The fourth-order valence-electron chi connectivity index (χ4n) is 0.544. The molecule has 0 aromatic carbocycles. The third-order valence-corrected chi connectivity index (χ3v) is 1.01.